The Morgan fingerprint density at radius 1 is 1.29 bits per heavy atom. The number of carbonyl (C=O) groups is 1. The van der Waals surface area contributed by atoms with Crippen molar-refractivity contribution in [3.8, 4) is 0 Å². The molecule has 1 N–H and O–H groups in total. The molecule has 3 heterocycles. The van der Waals surface area contributed by atoms with Gasteiger partial charge in [-0.1, -0.05) is 0 Å². The van der Waals surface area contributed by atoms with E-state index in [4.69, 9.17) is 4.74 Å². The molecule has 1 amide bonds. The molecule has 0 bridgehead atoms. The number of pyridine rings is 1. The van der Waals surface area contributed by atoms with Gasteiger partial charge in [0.05, 0.1) is 29.9 Å². The summed E-state index contributed by atoms with van der Waals surface area (Å²) in [6.45, 7) is 0.866. The average molecular weight is 494 g/mol. The Hall–Kier alpha value is -3.09. The Bertz CT molecular complexity index is 1310. The first-order valence-corrected chi connectivity index (χ1v) is 12.1. The third kappa shape index (κ3) is 4.74. The second-order valence-electron chi connectivity index (χ2n) is 8.04. The molecule has 0 saturated carbocycles. The van der Waals surface area contributed by atoms with Gasteiger partial charge in [0.15, 0.2) is 0 Å². The van der Waals surface area contributed by atoms with E-state index in [1.807, 2.05) is 9.62 Å². The van der Waals surface area contributed by atoms with Gasteiger partial charge in [0.25, 0.3) is 5.91 Å². The van der Waals surface area contributed by atoms with Gasteiger partial charge in [-0.2, -0.15) is 17.8 Å². The number of fused-ring (bicyclic) bond motifs is 1. The van der Waals surface area contributed by atoms with Crippen molar-refractivity contribution in [3.05, 3.63) is 65.5 Å². The van der Waals surface area contributed by atoms with Crippen LogP contribution in [0.2, 0.25) is 0 Å². The first-order chi connectivity index (χ1) is 16.2. The number of nitrogens with one attached hydrogen (secondary N) is 1. The summed E-state index contributed by atoms with van der Waals surface area (Å²) in [7, 11) is -1.29. The van der Waals surface area contributed by atoms with Crippen molar-refractivity contribution < 1.29 is 26.7 Å². The van der Waals surface area contributed by atoms with E-state index in [0.29, 0.717) is 24.2 Å². The van der Waals surface area contributed by atoms with Crippen molar-refractivity contribution >= 4 is 27.3 Å². The van der Waals surface area contributed by atoms with Crippen LogP contribution >= 0.6 is 0 Å². The van der Waals surface area contributed by atoms with Crippen molar-refractivity contribution in [2.45, 2.75) is 18.9 Å². The fourth-order valence-corrected chi connectivity index (χ4v) is 4.90. The molecule has 0 spiro atoms. The zero-order chi connectivity index (χ0) is 24.5. The smallest absolute Gasteiger partial charge is 0.303 e. The number of benzene rings is 1. The van der Waals surface area contributed by atoms with Crippen LogP contribution in [0, 0.1) is 11.6 Å². The minimum absolute atomic E-state index is 0.0678. The standard InChI is InChI=1S/C22H25F2N5O4S/c1-27(10-11-33-2)34(31,32)26-22(30)18-14-25-29-9-7-16(13-21(18)29)28-8-3-4-20(28)17-12-15(23)5-6-19(17)24/h5-7,9,12-14,20H,3-4,8,10-11H2,1-2H3,(H,26,30). The van der Waals surface area contributed by atoms with Crippen LogP contribution in [-0.2, 0) is 14.9 Å². The Morgan fingerprint density at radius 3 is 2.85 bits per heavy atom. The van der Waals surface area contributed by atoms with Gasteiger partial charge in [-0.05, 0) is 43.2 Å². The monoisotopic (exact) mass is 493 g/mol. The molecule has 1 unspecified atom stereocenters. The average Bonchev–Trinajstić information content (AvgIpc) is 3.45. The molecular formula is C22H25F2N5O4S. The van der Waals surface area contributed by atoms with Crippen LogP contribution in [0.4, 0.5) is 14.5 Å². The van der Waals surface area contributed by atoms with Crippen molar-refractivity contribution in [3.63, 3.8) is 0 Å². The molecule has 0 aliphatic carbocycles. The fourth-order valence-electron chi connectivity index (χ4n) is 4.08. The molecule has 9 nitrogen and oxygen atoms in total. The van der Waals surface area contributed by atoms with Crippen LogP contribution in [0.5, 0.6) is 0 Å². The van der Waals surface area contributed by atoms with Crippen LogP contribution in [0.1, 0.15) is 34.8 Å². The molecule has 1 saturated heterocycles. The maximum Gasteiger partial charge on any atom is 0.303 e. The number of rotatable bonds is 8. The van der Waals surface area contributed by atoms with Crippen LogP contribution in [0.15, 0.2) is 42.7 Å². The van der Waals surface area contributed by atoms with Crippen molar-refractivity contribution in [2.24, 2.45) is 0 Å². The number of aromatic nitrogens is 2. The first kappa shape index (κ1) is 24.0. The number of ether oxygens (including phenoxy) is 1. The van der Waals surface area contributed by atoms with Gasteiger partial charge in [0.1, 0.15) is 11.6 Å². The number of anilines is 1. The molecule has 1 fully saturated rings. The SMILES string of the molecule is COCCN(C)S(=O)(=O)NC(=O)c1cnn2ccc(N3CCCC3c3cc(F)ccc3F)cc12. The number of hydrogen-bond donors (Lipinski definition) is 1. The largest absolute Gasteiger partial charge is 0.383 e. The summed E-state index contributed by atoms with van der Waals surface area (Å²) in [6.07, 6.45) is 4.35. The molecule has 2 aromatic heterocycles. The van der Waals surface area contributed by atoms with Gasteiger partial charge in [-0.3, -0.25) is 4.79 Å². The van der Waals surface area contributed by atoms with E-state index in [9.17, 15) is 22.0 Å². The highest BCUT2D eigenvalue weighted by molar-refractivity contribution is 7.87. The zero-order valence-corrected chi connectivity index (χ0v) is 19.6. The number of nitrogens with zero attached hydrogens (tertiary/aromatic N) is 4. The molecule has 182 valence electrons. The van der Waals surface area contributed by atoms with Crippen molar-refractivity contribution in [1.29, 1.82) is 0 Å². The summed E-state index contributed by atoms with van der Waals surface area (Å²) in [5.41, 5.74) is 1.41. The highest BCUT2D eigenvalue weighted by Crippen LogP contribution is 2.38. The highest BCUT2D eigenvalue weighted by atomic mass is 32.2. The lowest BCUT2D eigenvalue weighted by atomic mass is 10.0. The summed E-state index contributed by atoms with van der Waals surface area (Å²) in [4.78, 5) is 14.8. The Morgan fingerprint density at radius 2 is 2.09 bits per heavy atom. The molecule has 0 radical (unpaired) electrons. The van der Waals surface area contributed by atoms with Gasteiger partial charge in [0, 0.05) is 44.7 Å². The van der Waals surface area contributed by atoms with Crippen LogP contribution in [-0.4, -0.2) is 62.1 Å². The predicted molar refractivity (Wildman–Crippen MR) is 122 cm³/mol. The summed E-state index contributed by atoms with van der Waals surface area (Å²) >= 11 is 0. The second kappa shape index (κ2) is 9.65. The summed E-state index contributed by atoms with van der Waals surface area (Å²) < 4.78 is 62.5. The lowest BCUT2D eigenvalue weighted by Gasteiger charge is -2.27. The van der Waals surface area contributed by atoms with Gasteiger partial charge < -0.3 is 9.64 Å². The zero-order valence-electron chi connectivity index (χ0n) is 18.7. The number of halogens is 2. The van der Waals surface area contributed by atoms with E-state index in [0.717, 1.165) is 22.9 Å². The van der Waals surface area contributed by atoms with Gasteiger partial charge in [-0.15, -0.1) is 0 Å². The summed E-state index contributed by atoms with van der Waals surface area (Å²) in [6, 6.07) is 6.51. The lowest BCUT2D eigenvalue weighted by molar-refractivity contribution is 0.0980. The second-order valence-corrected chi connectivity index (χ2v) is 9.82. The van der Waals surface area contributed by atoms with E-state index >= 15 is 0 Å². The molecule has 34 heavy (non-hydrogen) atoms. The number of methoxy groups -OCH3 is 1. The van der Waals surface area contributed by atoms with Crippen LogP contribution < -0.4 is 9.62 Å². The quantitative estimate of drug-likeness (QED) is 0.518. The normalized spacial score (nSPS) is 16.5. The molecule has 4 rings (SSSR count). The maximum absolute atomic E-state index is 14.5. The topological polar surface area (TPSA) is 96.2 Å². The molecule has 1 atom stereocenters. The molecule has 12 heteroatoms. The van der Waals surface area contributed by atoms with E-state index in [1.165, 1.54) is 30.9 Å². The van der Waals surface area contributed by atoms with E-state index in [2.05, 4.69) is 5.10 Å². The van der Waals surface area contributed by atoms with Crippen LogP contribution in [0.25, 0.3) is 5.52 Å². The van der Waals surface area contributed by atoms with Crippen molar-refractivity contribution in [2.75, 3.05) is 38.8 Å². The number of carbonyl (C=O) groups excluding carboxylic acids is 1. The Kier molecular flexibility index (Phi) is 6.82. The fraction of sp³-hybridized carbons (Fsp3) is 0.364. The Balaban J connectivity index is 1.62. The number of likely N-dealkylation sites (N-methyl/N-ethyl adjacent to an activating group) is 1. The first-order valence-electron chi connectivity index (χ1n) is 10.7. The minimum atomic E-state index is -4.08. The number of amides is 1. The molecule has 1 aliphatic heterocycles. The highest BCUT2D eigenvalue weighted by Gasteiger charge is 2.30. The van der Waals surface area contributed by atoms with Gasteiger partial charge >= 0.3 is 10.2 Å². The van der Waals surface area contributed by atoms with E-state index in [-0.39, 0.29) is 30.3 Å². The van der Waals surface area contributed by atoms with Crippen molar-refractivity contribution in [1.82, 2.24) is 18.6 Å². The van der Waals surface area contributed by atoms with E-state index in [1.54, 1.807) is 18.3 Å². The third-order valence-electron chi connectivity index (χ3n) is 5.89. The predicted octanol–water partition coefficient (Wildman–Crippen LogP) is 2.51. The summed E-state index contributed by atoms with van der Waals surface area (Å²) in [5, 5.41) is 4.13. The van der Waals surface area contributed by atoms with E-state index < -0.39 is 27.8 Å². The molecule has 1 aliphatic rings. The Labute approximate surface area is 196 Å². The summed E-state index contributed by atoms with van der Waals surface area (Å²) in [5.74, 6) is -1.82. The third-order valence-corrected chi connectivity index (χ3v) is 7.34. The minimum Gasteiger partial charge on any atom is -0.383 e. The molecule has 1 aromatic carbocycles. The van der Waals surface area contributed by atoms with Gasteiger partial charge in [-0.25, -0.2) is 18.0 Å². The number of hydrogen-bond acceptors (Lipinski definition) is 6. The lowest BCUT2D eigenvalue weighted by Crippen LogP contribution is -2.42. The van der Waals surface area contributed by atoms with Crippen LogP contribution in [0.3, 0.4) is 0 Å². The maximum atomic E-state index is 14.5. The molecular weight excluding hydrogens is 468 g/mol. The molecule has 3 aromatic rings. The van der Waals surface area contributed by atoms with Gasteiger partial charge in [0.2, 0.25) is 0 Å².